The lowest BCUT2D eigenvalue weighted by Gasteiger charge is -2.35. The molecule has 2 N–H and O–H groups in total. The normalized spacial score (nSPS) is 17.8. The van der Waals surface area contributed by atoms with E-state index in [-0.39, 0.29) is 17.9 Å². The van der Waals surface area contributed by atoms with Gasteiger partial charge in [0.05, 0.1) is 12.1 Å². The van der Waals surface area contributed by atoms with Gasteiger partial charge in [0.25, 0.3) is 0 Å². The zero-order chi connectivity index (χ0) is 14.5. The Morgan fingerprint density at radius 1 is 1.40 bits per heavy atom. The van der Waals surface area contributed by atoms with Crippen LogP contribution in [0.2, 0.25) is 0 Å². The van der Waals surface area contributed by atoms with Gasteiger partial charge in [0.15, 0.2) is 0 Å². The van der Waals surface area contributed by atoms with Gasteiger partial charge in [-0.2, -0.15) is 5.26 Å². The molecule has 2 atom stereocenters. The largest absolute Gasteiger partial charge is 0.326 e. The second-order valence-electron chi connectivity index (χ2n) is 5.45. The highest BCUT2D eigenvalue weighted by molar-refractivity contribution is 5.22. The summed E-state index contributed by atoms with van der Waals surface area (Å²) in [7, 11) is 0. The topological polar surface area (TPSA) is 53.0 Å². The molecule has 0 aliphatic heterocycles. The van der Waals surface area contributed by atoms with Crippen molar-refractivity contribution in [1.29, 1.82) is 5.26 Å². The van der Waals surface area contributed by atoms with E-state index in [0.29, 0.717) is 12.5 Å². The van der Waals surface area contributed by atoms with Crippen molar-refractivity contribution >= 4 is 0 Å². The summed E-state index contributed by atoms with van der Waals surface area (Å²) >= 11 is 0. The molecular weight excluding hydrogens is 253 g/mol. The molecule has 1 saturated carbocycles. The number of halogens is 1. The monoisotopic (exact) mass is 275 g/mol. The molecule has 3 nitrogen and oxygen atoms in total. The van der Waals surface area contributed by atoms with Crippen LogP contribution in [0.15, 0.2) is 24.3 Å². The molecule has 2 rings (SSSR count). The highest BCUT2D eigenvalue weighted by Gasteiger charge is 2.36. The summed E-state index contributed by atoms with van der Waals surface area (Å²) in [6.45, 7) is 2.80. The smallest absolute Gasteiger partial charge is 0.123 e. The molecular formula is C16H22FN3. The number of nitrogens with zero attached hydrogens (tertiary/aromatic N) is 2. The van der Waals surface area contributed by atoms with Crippen LogP contribution in [0.5, 0.6) is 0 Å². The fourth-order valence-electron chi connectivity index (χ4n) is 2.70. The average Bonchev–Trinajstić information content (AvgIpc) is 3.28. The van der Waals surface area contributed by atoms with E-state index in [0.717, 1.165) is 18.5 Å². The maximum absolute atomic E-state index is 13.1. The Labute approximate surface area is 120 Å². The molecule has 0 heterocycles. The second-order valence-corrected chi connectivity index (χ2v) is 5.45. The lowest BCUT2D eigenvalue weighted by molar-refractivity contribution is 0.163. The van der Waals surface area contributed by atoms with Gasteiger partial charge in [-0.05, 0) is 37.0 Å². The zero-order valence-corrected chi connectivity index (χ0v) is 11.9. The quantitative estimate of drug-likeness (QED) is 0.832. The van der Waals surface area contributed by atoms with Gasteiger partial charge >= 0.3 is 0 Å². The van der Waals surface area contributed by atoms with Crippen molar-refractivity contribution in [3.8, 4) is 6.07 Å². The van der Waals surface area contributed by atoms with Gasteiger partial charge in [-0.25, -0.2) is 4.39 Å². The Morgan fingerprint density at radius 3 is 2.55 bits per heavy atom. The Balaban J connectivity index is 2.25. The highest BCUT2D eigenvalue weighted by Crippen LogP contribution is 2.36. The van der Waals surface area contributed by atoms with Gasteiger partial charge < -0.3 is 5.73 Å². The molecule has 1 aliphatic rings. The van der Waals surface area contributed by atoms with E-state index in [4.69, 9.17) is 11.0 Å². The van der Waals surface area contributed by atoms with Gasteiger partial charge in [-0.1, -0.05) is 19.1 Å². The number of rotatable bonds is 7. The fraction of sp³-hybridized carbons (Fsp3) is 0.562. The van der Waals surface area contributed by atoms with Gasteiger partial charge in [-0.15, -0.1) is 0 Å². The van der Waals surface area contributed by atoms with Crippen LogP contribution in [0.3, 0.4) is 0 Å². The number of nitrogens with two attached hydrogens (primary N) is 1. The van der Waals surface area contributed by atoms with Gasteiger partial charge in [-0.3, -0.25) is 4.90 Å². The molecule has 108 valence electrons. The molecule has 1 aromatic rings. The zero-order valence-electron chi connectivity index (χ0n) is 11.9. The summed E-state index contributed by atoms with van der Waals surface area (Å²) in [6.07, 6.45) is 3.70. The van der Waals surface area contributed by atoms with E-state index in [1.54, 1.807) is 0 Å². The molecule has 0 amide bonds. The Morgan fingerprint density at radius 2 is 2.05 bits per heavy atom. The van der Waals surface area contributed by atoms with E-state index >= 15 is 0 Å². The third-order valence-electron chi connectivity index (χ3n) is 3.94. The molecule has 0 saturated heterocycles. The molecule has 0 radical (unpaired) electrons. The third-order valence-corrected chi connectivity index (χ3v) is 3.94. The van der Waals surface area contributed by atoms with Crippen LogP contribution in [-0.2, 0) is 0 Å². The Bertz CT molecular complexity index is 462. The molecule has 20 heavy (non-hydrogen) atoms. The van der Waals surface area contributed by atoms with Crippen LogP contribution in [-0.4, -0.2) is 23.5 Å². The molecule has 4 heteroatoms. The summed E-state index contributed by atoms with van der Waals surface area (Å²) < 4.78 is 13.1. The molecule has 2 unspecified atom stereocenters. The van der Waals surface area contributed by atoms with E-state index in [1.807, 2.05) is 12.1 Å². The molecule has 0 aromatic heterocycles. The van der Waals surface area contributed by atoms with Crippen molar-refractivity contribution in [2.24, 2.45) is 5.73 Å². The van der Waals surface area contributed by atoms with Crippen LogP contribution in [0.1, 0.15) is 44.2 Å². The maximum Gasteiger partial charge on any atom is 0.123 e. The summed E-state index contributed by atoms with van der Waals surface area (Å²) in [4.78, 5) is 2.34. The number of hydrogen-bond acceptors (Lipinski definition) is 3. The standard InChI is InChI=1S/C16H22FN3/c1-2-15(19)16(12-4-6-13(17)7-5-12)20(11-3-10-18)14-8-9-14/h4-7,14-16H,2-3,8-9,11,19H2,1H3. The van der Waals surface area contributed by atoms with E-state index in [1.165, 1.54) is 25.0 Å². The average molecular weight is 275 g/mol. The number of nitriles is 1. The minimum absolute atomic E-state index is 0.000228. The molecule has 1 fully saturated rings. The van der Waals surface area contributed by atoms with Crippen LogP contribution in [0.4, 0.5) is 4.39 Å². The third kappa shape index (κ3) is 3.56. The second kappa shape index (κ2) is 6.83. The molecule has 1 aliphatic carbocycles. The van der Waals surface area contributed by atoms with Crippen molar-refractivity contribution < 1.29 is 4.39 Å². The first-order valence-electron chi connectivity index (χ1n) is 7.31. The van der Waals surface area contributed by atoms with Crippen molar-refractivity contribution in [3.63, 3.8) is 0 Å². The highest BCUT2D eigenvalue weighted by atomic mass is 19.1. The number of hydrogen-bond donors (Lipinski definition) is 1. The maximum atomic E-state index is 13.1. The first kappa shape index (κ1) is 15.0. The summed E-state index contributed by atoms with van der Waals surface area (Å²) in [5, 5.41) is 8.84. The van der Waals surface area contributed by atoms with E-state index in [2.05, 4.69) is 17.9 Å². The molecule has 1 aromatic carbocycles. The predicted octanol–water partition coefficient (Wildman–Crippen LogP) is 2.98. The minimum atomic E-state index is -0.229. The summed E-state index contributed by atoms with van der Waals surface area (Å²) in [5.41, 5.74) is 7.35. The summed E-state index contributed by atoms with van der Waals surface area (Å²) in [6, 6.07) is 9.41. The molecule has 0 bridgehead atoms. The Hall–Kier alpha value is -1.44. The van der Waals surface area contributed by atoms with Crippen LogP contribution >= 0.6 is 0 Å². The van der Waals surface area contributed by atoms with Gasteiger partial charge in [0.1, 0.15) is 5.82 Å². The van der Waals surface area contributed by atoms with E-state index < -0.39 is 0 Å². The van der Waals surface area contributed by atoms with Crippen LogP contribution in [0, 0.1) is 17.1 Å². The Kier molecular flexibility index (Phi) is 5.11. The minimum Gasteiger partial charge on any atom is -0.326 e. The van der Waals surface area contributed by atoms with Crippen molar-refractivity contribution in [3.05, 3.63) is 35.6 Å². The predicted molar refractivity (Wildman–Crippen MR) is 77.4 cm³/mol. The molecule has 0 spiro atoms. The number of benzene rings is 1. The van der Waals surface area contributed by atoms with E-state index in [9.17, 15) is 4.39 Å². The summed E-state index contributed by atoms with van der Waals surface area (Å²) in [5.74, 6) is -0.229. The van der Waals surface area contributed by atoms with Crippen LogP contribution in [0.25, 0.3) is 0 Å². The lowest BCUT2D eigenvalue weighted by Crippen LogP contribution is -2.42. The van der Waals surface area contributed by atoms with Crippen molar-refractivity contribution in [1.82, 2.24) is 4.90 Å². The van der Waals surface area contributed by atoms with Gasteiger partial charge in [0, 0.05) is 25.0 Å². The lowest BCUT2D eigenvalue weighted by atomic mass is 9.95. The van der Waals surface area contributed by atoms with Crippen molar-refractivity contribution in [2.75, 3.05) is 6.54 Å². The first-order chi connectivity index (χ1) is 9.67. The SMILES string of the molecule is CCC(N)C(c1ccc(F)cc1)N(CCC#N)C1CC1. The van der Waals surface area contributed by atoms with Crippen molar-refractivity contribution in [2.45, 2.75) is 50.7 Å². The van der Waals surface area contributed by atoms with Gasteiger partial charge in [0.2, 0.25) is 0 Å². The fourth-order valence-corrected chi connectivity index (χ4v) is 2.70. The first-order valence-corrected chi connectivity index (χ1v) is 7.31. The van der Waals surface area contributed by atoms with Crippen LogP contribution < -0.4 is 5.73 Å².